The lowest BCUT2D eigenvalue weighted by Crippen LogP contribution is -2.38. The third-order valence-corrected chi connectivity index (χ3v) is 6.25. The molecule has 27 heavy (non-hydrogen) atoms. The molecule has 2 atom stereocenters. The van der Waals surface area contributed by atoms with E-state index in [1.54, 1.807) is 11.8 Å². The molecule has 0 saturated carbocycles. The molecule has 0 aromatic carbocycles. The Morgan fingerprint density at radius 1 is 1.15 bits per heavy atom. The minimum atomic E-state index is 0. The second kappa shape index (κ2) is 7.37. The molecule has 5 rings (SSSR count). The van der Waals surface area contributed by atoms with Crippen molar-refractivity contribution in [3.63, 3.8) is 0 Å². The lowest BCUT2D eigenvalue weighted by molar-refractivity contribution is 0.164. The number of nitrogens with zero attached hydrogens (tertiary/aromatic N) is 6. The number of hydrogen-bond acceptors (Lipinski definition) is 6. The zero-order valence-electron chi connectivity index (χ0n) is 15.5. The third kappa shape index (κ3) is 3.22. The molecule has 2 aliphatic rings. The van der Waals surface area contributed by atoms with Crippen LogP contribution in [0.25, 0.3) is 5.65 Å². The van der Waals surface area contributed by atoms with E-state index in [-0.39, 0.29) is 12.4 Å². The molecule has 6 nitrogen and oxygen atoms in total. The molecule has 1 fully saturated rings. The summed E-state index contributed by atoms with van der Waals surface area (Å²) in [5, 5.41) is 5.54. The lowest BCUT2D eigenvalue weighted by Gasteiger charge is -2.36. The van der Waals surface area contributed by atoms with Gasteiger partial charge >= 0.3 is 0 Å². The van der Waals surface area contributed by atoms with Crippen molar-refractivity contribution in [1.29, 1.82) is 0 Å². The van der Waals surface area contributed by atoms with Crippen LogP contribution in [0, 0.1) is 6.92 Å². The van der Waals surface area contributed by atoms with E-state index in [2.05, 4.69) is 48.7 Å². The molecule has 8 heteroatoms. The number of thioether (sulfide) groups is 1. The summed E-state index contributed by atoms with van der Waals surface area (Å²) in [5.41, 5.74) is 5.87. The van der Waals surface area contributed by atoms with Crippen molar-refractivity contribution in [2.45, 2.75) is 56.9 Å². The van der Waals surface area contributed by atoms with Crippen molar-refractivity contribution in [1.82, 2.24) is 29.5 Å². The predicted octanol–water partition coefficient (Wildman–Crippen LogP) is 3.62. The normalized spacial score (nSPS) is 21.3. The van der Waals surface area contributed by atoms with E-state index in [1.165, 1.54) is 29.7 Å². The Labute approximate surface area is 169 Å². The first-order valence-corrected chi connectivity index (χ1v) is 10.2. The van der Waals surface area contributed by atoms with E-state index in [4.69, 9.17) is 0 Å². The van der Waals surface area contributed by atoms with E-state index in [0.717, 1.165) is 35.2 Å². The first-order chi connectivity index (χ1) is 12.7. The third-order valence-electron chi connectivity index (χ3n) is 5.49. The number of hydrogen-bond donors (Lipinski definition) is 0. The Morgan fingerprint density at radius 2 is 1.96 bits per heavy atom. The van der Waals surface area contributed by atoms with E-state index in [9.17, 15) is 0 Å². The van der Waals surface area contributed by atoms with Gasteiger partial charge in [0.1, 0.15) is 0 Å². The zero-order chi connectivity index (χ0) is 17.7. The molecule has 2 unspecified atom stereocenters. The zero-order valence-corrected chi connectivity index (χ0v) is 17.1. The van der Waals surface area contributed by atoms with Crippen LogP contribution in [0.2, 0.25) is 0 Å². The SMILES string of the molecule is CCSc1ncc(CN2C3CCC2c2cnc4cc(C)nn4c2C3)cn1.Cl. The Kier molecular flexibility index (Phi) is 5.09. The molecule has 0 amide bonds. The topological polar surface area (TPSA) is 59.2 Å². The number of halogens is 1. The number of rotatable bonds is 4. The van der Waals surface area contributed by atoms with Crippen LogP contribution in [0.3, 0.4) is 0 Å². The van der Waals surface area contributed by atoms with Crippen LogP contribution in [0.4, 0.5) is 0 Å². The maximum atomic E-state index is 4.67. The summed E-state index contributed by atoms with van der Waals surface area (Å²) in [7, 11) is 0. The molecule has 3 aromatic rings. The molecule has 2 bridgehead atoms. The van der Waals surface area contributed by atoms with E-state index in [0.29, 0.717) is 12.1 Å². The summed E-state index contributed by atoms with van der Waals surface area (Å²) in [6, 6.07) is 3.05. The summed E-state index contributed by atoms with van der Waals surface area (Å²) in [4.78, 5) is 16.2. The highest BCUT2D eigenvalue weighted by Crippen LogP contribution is 2.44. The highest BCUT2D eigenvalue weighted by atomic mass is 35.5. The van der Waals surface area contributed by atoms with Gasteiger partial charge in [0.2, 0.25) is 0 Å². The van der Waals surface area contributed by atoms with Crippen molar-refractivity contribution < 1.29 is 0 Å². The van der Waals surface area contributed by atoms with Gasteiger partial charge in [-0.05, 0) is 25.5 Å². The number of aromatic nitrogens is 5. The fourth-order valence-electron chi connectivity index (χ4n) is 4.38. The van der Waals surface area contributed by atoms with Gasteiger partial charge in [0.05, 0.1) is 11.4 Å². The van der Waals surface area contributed by atoms with Crippen LogP contribution in [-0.2, 0) is 13.0 Å². The fourth-order valence-corrected chi connectivity index (χ4v) is 4.90. The molecule has 5 heterocycles. The average molecular weight is 403 g/mol. The van der Waals surface area contributed by atoms with Gasteiger partial charge in [0, 0.05) is 60.8 Å². The van der Waals surface area contributed by atoms with E-state index < -0.39 is 0 Å². The summed E-state index contributed by atoms with van der Waals surface area (Å²) < 4.78 is 2.06. The van der Waals surface area contributed by atoms with Gasteiger partial charge < -0.3 is 0 Å². The maximum Gasteiger partial charge on any atom is 0.187 e. The second-order valence-electron chi connectivity index (χ2n) is 7.15. The van der Waals surface area contributed by atoms with Crippen LogP contribution in [0.5, 0.6) is 0 Å². The Hall–Kier alpha value is -1.70. The molecule has 3 aromatic heterocycles. The van der Waals surface area contributed by atoms with Crippen molar-refractivity contribution in [3.8, 4) is 0 Å². The Morgan fingerprint density at radius 3 is 2.74 bits per heavy atom. The van der Waals surface area contributed by atoms with E-state index in [1.807, 2.05) is 19.3 Å². The smallest absolute Gasteiger partial charge is 0.187 e. The van der Waals surface area contributed by atoms with Gasteiger partial charge in [-0.15, -0.1) is 12.4 Å². The summed E-state index contributed by atoms with van der Waals surface area (Å²) in [6.45, 7) is 5.06. The molecule has 2 aliphatic heterocycles. The molecular formula is C19H23ClN6S. The largest absolute Gasteiger partial charge is 0.289 e. The summed E-state index contributed by atoms with van der Waals surface area (Å²) in [5.74, 6) is 1.00. The number of aryl methyl sites for hydroxylation is 1. The standard InChI is InChI=1S/C19H22N6S.ClH/c1-3-26-19-21-8-13(9-22-19)11-24-14-4-5-16(24)15-10-20-18-6-12(2)23-25(18)17(15)7-14;/h6,8-10,14,16H,3-5,7,11H2,1-2H3;1H. The monoisotopic (exact) mass is 402 g/mol. The summed E-state index contributed by atoms with van der Waals surface area (Å²) >= 11 is 1.68. The maximum absolute atomic E-state index is 4.67. The average Bonchev–Trinajstić information content (AvgIpc) is 3.15. The molecule has 0 aliphatic carbocycles. The summed E-state index contributed by atoms with van der Waals surface area (Å²) in [6.07, 6.45) is 9.50. The van der Waals surface area contributed by atoms with Crippen molar-refractivity contribution in [2.24, 2.45) is 0 Å². The van der Waals surface area contributed by atoms with Gasteiger partial charge in [-0.1, -0.05) is 18.7 Å². The molecule has 0 radical (unpaired) electrons. The molecular weight excluding hydrogens is 380 g/mol. The first-order valence-electron chi connectivity index (χ1n) is 9.26. The van der Waals surface area contributed by atoms with Gasteiger partial charge in [0.25, 0.3) is 0 Å². The minimum absolute atomic E-state index is 0. The molecule has 0 N–H and O–H groups in total. The van der Waals surface area contributed by atoms with Gasteiger partial charge in [-0.2, -0.15) is 5.10 Å². The highest BCUT2D eigenvalue weighted by Gasteiger charge is 2.41. The van der Waals surface area contributed by atoms with Crippen LogP contribution < -0.4 is 0 Å². The minimum Gasteiger partial charge on any atom is -0.289 e. The van der Waals surface area contributed by atoms with Crippen LogP contribution in [0.1, 0.15) is 48.3 Å². The second-order valence-corrected chi connectivity index (χ2v) is 8.38. The van der Waals surface area contributed by atoms with Gasteiger partial charge in [0.15, 0.2) is 10.8 Å². The van der Waals surface area contributed by atoms with Crippen LogP contribution in [0.15, 0.2) is 29.8 Å². The predicted molar refractivity (Wildman–Crippen MR) is 108 cm³/mol. The van der Waals surface area contributed by atoms with Gasteiger partial charge in [-0.25, -0.2) is 19.5 Å². The fraction of sp³-hybridized carbons (Fsp3) is 0.474. The Balaban J connectivity index is 0.00000180. The van der Waals surface area contributed by atoms with E-state index >= 15 is 0 Å². The molecule has 0 spiro atoms. The quantitative estimate of drug-likeness (QED) is 0.490. The highest BCUT2D eigenvalue weighted by molar-refractivity contribution is 7.99. The van der Waals surface area contributed by atoms with Crippen molar-refractivity contribution in [2.75, 3.05) is 5.75 Å². The molecule has 142 valence electrons. The first kappa shape index (κ1) is 18.7. The van der Waals surface area contributed by atoms with Crippen LogP contribution in [-0.4, -0.2) is 41.3 Å². The van der Waals surface area contributed by atoms with Crippen molar-refractivity contribution >= 4 is 29.8 Å². The van der Waals surface area contributed by atoms with Gasteiger partial charge in [-0.3, -0.25) is 4.90 Å². The molecule has 1 saturated heterocycles. The Bertz CT molecular complexity index is 957. The number of fused-ring (bicyclic) bond motifs is 6. The lowest BCUT2D eigenvalue weighted by atomic mass is 9.98. The van der Waals surface area contributed by atoms with Crippen molar-refractivity contribution in [3.05, 3.63) is 47.2 Å². The van der Waals surface area contributed by atoms with Crippen LogP contribution >= 0.6 is 24.2 Å².